The molecule has 0 unspecified atom stereocenters. The number of aromatic amines is 1. The molecule has 0 radical (unpaired) electrons. The molecule has 0 saturated heterocycles. The van der Waals surface area contributed by atoms with E-state index >= 15 is 0 Å². The van der Waals surface area contributed by atoms with Crippen molar-refractivity contribution in [1.29, 1.82) is 0 Å². The first kappa shape index (κ1) is 17.3. The predicted octanol–water partition coefficient (Wildman–Crippen LogP) is 3.30. The van der Waals surface area contributed by atoms with Gasteiger partial charge >= 0.3 is 0 Å². The Hall–Kier alpha value is -3.81. The van der Waals surface area contributed by atoms with Crippen molar-refractivity contribution >= 4 is 5.65 Å². The van der Waals surface area contributed by atoms with Gasteiger partial charge < -0.3 is 0 Å². The number of rotatable bonds is 5. The standard InChI is InChI=1S/C21H20N8/c1-3-19-22-21-14(2)12-28(29(21)25-19)13-15-8-10-16(11-9-15)17-6-4-5-7-18(17)20-23-26-27-24-20/h4-12H,3,13H2,1-2H3,(H,23,24,26,27). The molecule has 8 heteroatoms. The monoisotopic (exact) mass is 384 g/mol. The van der Waals surface area contributed by atoms with Gasteiger partial charge in [0.25, 0.3) is 0 Å². The highest BCUT2D eigenvalue weighted by Gasteiger charge is 2.12. The number of fused-ring (bicyclic) bond motifs is 1. The molecule has 3 aromatic heterocycles. The van der Waals surface area contributed by atoms with E-state index in [2.05, 4.69) is 85.8 Å². The zero-order chi connectivity index (χ0) is 19.8. The van der Waals surface area contributed by atoms with E-state index in [9.17, 15) is 0 Å². The van der Waals surface area contributed by atoms with Crippen LogP contribution in [0.5, 0.6) is 0 Å². The summed E-state index contributed by atoms with van der Waals surface area (Å²) in [5.74, 6) is 1.46. The van der Waals surface area contributed by atoms with Gasteiger partial charge in [-0.3, -0.25) is 4.68 Å². The van der Waals surface area contributed by atoms with Crippen molar-refractivity contribution in [2.24, 2.45) is 0 Å². The number of benzene rings is 2. The highest BCUT2D eigenvalue weighted by atomic mass is 15.5. The number of hydrogen-bond acceptors (Lipinski definition) is 5. The van der Waals surface area contributed by atoms with Crippen LogP contribution in [0.15, 0.2) is 54.7 Å². The van der Waals surface area contributed by atoms with Crippen LogP contribution in [0.4, 0.5) is 0 Å². The lowest BCUT2D eigenvalue weighted by Gasteiger charge is -2.09. The summed E-state index contributed by atoms with van der Waals surface area (Å²) < 4.78 is 3.99. The topological polar surface area (TPSA) is 89.6 Å². The fourth-order valence-electron chi connectivity index (χ4n) is 3.55. The summed E-state index contributed by atoms with van der Waals surface area (Å²) in [5.41, 5.74) is 6.37. The average molecular weight is 384 g/mol. The van der Waals surface area contributed by atoms with E-state index in [1.54, 1.807) is 0 Å². The maximum atomic E-state index is 4.60. The summed E-state index contributed by atoms with van der Waals surface area (Å²) in [5, 5.41) is 19.0. The Balaban J connectivity index is 1.46. The second-order valence-electron chi connectivity index (χ2n) is 6.98. The Bertz CT molecular complexity index is 1260. The van der Waals surface area contributed by atoms with Gasteiger partial charge in [-0.05, 0) is 28.8 Å². The average Bonchev–Trinajstić information content (AvgIpc) is 3.48. The third kappa shape index (κ3) is 3.08. The van der Waals surface area contributed by atoms with Crippen LogP contribution in [0.1, 0.15) is 23.9 Å². The van der Waals surface area contributed by atoms with Gasteiger partial charge in [0.05, 0.1) is 6.54 Å². The third-order valence-corrected chi connectivity index (χ3v) is 5.01. The summed E-state index contributed by atoms with van der Waals surface area (Å²) in [6.07, 6.45) is 2.92. The lowest BCUT2D eigenvalue weighted by Crippen LogP contribution is -2.07. The van der Waals surface area contributed by atoms with E-state index in [4.69, 9.17) is 0 Å². The molecule has 1 N–H and O–H groups in total. The molecule has 29 heavy (non-hydrogen) atoms. The molecule has 0 aliphatic carbocycles. The highest BCUT2D eigenvalue weighted by molar-refractivity contribution is 5.80. The lowest BCUT2D eigenvalue weighted by atomic mass is 9.98. The van der Waals surface area contributed by atoms with Gasteiger partial charge in [-0.2, -0.15) is 9.84 Å². The third-order valence-electron chi connectivity index (χ3n) is 5.01. The van der Waals surface area contributed by atoms with Crippen LogP contribution in [0.2, 0.25) is 0 Å². The zero-order valence-corrected chi connectivity index (χ0v) is 16.2. The predicted molar refractivity (Wildman–Crippen MR) is 109 cm³/mol. The van der Waals surface area contributed by atoms with Crippen LogP contribution < -0.4 is 0 Å². The number of nitrogens with zero attached hydrogens (tertiary/aromatic N) is 7. The SMILES string of the molecule is CCc1nc2c(C)cn(Cc3ccc(-c4ccccc4-c4nn[nH]n4)cc3)n2n1. The van der Waals surface area contributed by atoms with Crippen LogP contribution in [0, 0.1) is 6.92 Å². The van der Waals surface area contributed by atoms with Crippen LogP contribution in [0.25, 0.3) is 28.2 Å². The van der Waals surface area contributed by atoms with Crippen LogP contribution in [-0.2, 0) is 13.0 Å². The largest absolute Gasteiger partial charge is 0.266 e. The van der Waals surface area contributed by atoms with E-state index in [0.717, 1.165) is 46.7 Å². The highest BCUT2D eigenvalue weighted by Crippen LogP contribution is 2.29. The Morgan fingerprint density at radius 2 is 1.79 bits per heavy atom. The van der Waals surface area contributed by atoms with E-state index < -0.39 is 0 Å². The maximum Gasteiger partial charge on any atom is 0.205 e. The van der Waals surface area contributed by atoms with Crippen LogP contribution >= 0.6 is 0 Å². The number of aromatic nitrogens is 8. The van der Waals surface area contributed by atoms with Crippen molar-refractivity contribution < 1.29 is 0 Å². The van der Waals surface area contributed by atoms with Crippen molar-refractivity contribution in [3.8, 4) is 22.5 Å². The van der Waals surface area contributed by atoms with Crippen molar-refractivity contribution in [3.63, 3.8) is 0 Å². The van der Waals surface area contributed by atoms with Crippen LogP contribution in [-0.4, -0.2) is 40.0 Å². The second kappa shape index (κ2) is 6.97. The second-order valence-corrected chi connectivity index (χ2v) is 6.98. The van der Waals surface area contributed by atoms with E-state index in [1.165, 1.54) is 5.56 Å². The minimum Gasteiger partial charge on any atom is -0.266 e. The number of H-pyrrole nitrogens is 1. The quantitative estimate of drug-likeness (QED) is 0.502. The molecule has 0 amide bonds. The molecule has 0 aliphatic rings. The molecule has 144 valence electrons. The van der Waals surface area contributed by atoms with Gasteiger partial charge in [-0.15, -0.1) is 15.3 Å². The van der Waals surface area contributed by atoms with E-state index in [1.807, 2.05) is 22.8 Å². The minimum absolute atomic E-state index is 0.591. The fourth-order valence-corrected chi connectivity index (χ4v) is 3.55. The molecule has 5 rings (SSSR count). The zero-order valence-electron chi connectivity index (χ0n) is 16.2. The maximum absolute atomic E-state index is 4.60. The fraction of sp³-hybridized carbons (Fsp3) is 0.190. The normalized spacial score (nSPS) is 11.4. The smallest absolute Gasteiger partial charge is 0.205 e. The van der Waals surface area contributed by atoms with Gasteiger partial charge in [0.1, 0.15) is 0 Å². The Morgan fingerprint density at radius 3 is 2.52 bits per heavy atom. The van der Waals surface area contributed by atoms with Crippen molar-refractivity contribution in [2.45, 2.75) is 26.8 Å². The summed E-state index contributed by atoms with van der Waals surface area (Å²) in [6.45, 7) is 4.86. The Labute approximate surface area is 167 Å². The van der Waals surface area contributed by atoms with Gasteiger partial charge in [-0.25, -0.2) is 4.98 Å². The molecule has 0 bridgehead atoms. The van der Waals surface area contributed by atoms with Crippen molar-refractivity contribution in [2.75, 3.05) is 0 Å². The molecule has 0 fully saturated rings. The first-order valence-electron chi connectivity index (χ1n) is 9.56. The number of aryl methyl sites for hydroxylation is 2. The molecule has 5 aromatic rings. The van der Waals surface area contributed by atoms with Crippen molar-refractivity contribution in [3.05, 3.63) is 71.7 Å². The number of nitrogens with one attached hydrogen (secondary N) is 1. The molecule has 0 atom stereocenters. The number of hydrogen-bond donors (Lipinski definition) is 1. The summed E-state index contributed by atoms with van der Waals surface area (Å²) in [6, 6.07) is 16.6. The van der Waals surface area contributed by atoms with Crippen molar-refractivity contribution in [1.82, 2.24) is 40.0 Å². The van der Waals surface area contributed by atoms with Gasteiger partial charge in [-0.1, -0.05) is 55.5 Å². The molecule has 3 heterocycles. The Kier molecular flexibility index (Phi) is 4.16. The van der Waals surface area contributed by atoms with Gasteiger partial charge in [0.15, 0.2) is 11.5 Å². The van der Waals surface area contributed by atoms with E-state index in [-0.39, 0.29) is 0 Å². The first-order chi connectivity index (χ1) is 14.2. The molecule has 0 saturated carbocycles. The summed E-state index contributed by atoms with van der Waals surface area (Å²) >= 11 is 0. The summed E-state index contributed by atoms with van der Waals surface area (Å²) in [7, 11) is 0. The van der Waals surface area contributed by atoms with Gasteiger partial charge in [0, 0.05) is 23.7 Å². The lowest BCUT2D eigenvalue weighted by molar-refractivity contribution is 0.580. The minimum atomic E-state index is 0.591. The van der Waals surface area contributed by atoms with E-state index in [0.29, 0.717) is 5.82 Å². The molecular formula is C21H20N8. The number of tetrazole rings is 1. The summed E-state index contributed by atoms with van der Waals surface area (Å²) in [4.78, 5) is 4.59. The molecule has 2 aromatic carbocycles. The molecule has 0 spiro atoms. The molecule has 0 aliphatic heterocycles. The van der Waals surface area contributed by atoms with Crippen LogP contribution in [0.3, 0.4) is 0 Å². The first-order valence-corrected chi connectivity index (χ1v) is 9.56. The Morgan fingerprint density at radius 1 is 1.00 bits per heavy atom. The van der Waals surface area contributed by atoms with Gasteiger partial charge in [0.2, 0.25) is 5.82 Å². The molecular weight excluding hydrogens is 364 g/mol. The molecule has 8 nitrogen and oxygen atoms in total.